The molecule has 0 atom stereocenters. The van der Waals surface area contributed by atoms with Crippen molar-refractivity contribution in [1.82, 2.24) is 4.90 Å². The number of hydrogen-bond acceptors (Lipinski definition) is 3. The number of carboxylic acid groups (broad SMARTS) is 1. The number of allylic oxidation sites excluding steroid dienone is 1. The summed E-state index contributed by atoms with van der Waals surface area (Å²) in [7, 11) is 3.27. The highest BCUT2D eigenvalue weighted by atomic mass is 32.2. The average Bonchev–Trinajstić information content (AvgIpc) is 2.29. The van der Waals surface area contributed by atoms with Gasteiger partial charge >= 0.3 is 5.97 Å². The van der Waals surface area contributed by atoms with E-state index in [0.717, 1.165) is 22.9 Å². The molecule has 0 aliphatic carbocycles. The van der Waals surface area contributed by atoms with Gasteiger partial charge < -0.3 is 10.0 Å². The number of hydrogen-bond donors (Lipinski definition) is 1. The second kappa shape index (κ2) is 6.43. The fourth-order valence-electron chi connectivity index (χ4n) is 1.52. The van der Waals surface area contributed by atoms with Gasteiger partial charge in [0.1, 0.15) is 0 Å². The van der Waals surface area contributed by atoms with E-state index in [9.17, 15) is 14.7 Å². The van der Waals surface area contributed by atoms with E-state index in [2.05, 4.69) is 6.58 Å². The summed E-state index contributed by atoms with van der Waals surface area (Å²) >= 11 is 0.940. The van der Waals surface area contributed by atoms with Crippen LogP contribution in [0.2, 0.25) is 0 Å². The van der Waals surface area contributed by atoms with E-state index in [1.165, 1.54) is 11.0 Å². The third kappa shape index (κ3) is 4.13. The molecular weight excluding hydrogens is 262 g/mol. The number of carboxylic acids is 1. The summed E-state index contributed by atoms with van der Waals surface area (Å²) in [4.78, 5) is 25.0. The monoisotopic (exact) mass is 279 g/mol. The molecule has 0 fully saturated rings. The SMILES string of the molecule is C=C(C)Cc1cccc(C(=O)O)c1SC(=O)N(C)C. The molecule has 0 radical (unpaired) electrons. The zero-order valence-electron chi connectivity index (χ0n) is 11.3. The van der Waals surface area contributed by atoms with Gasteiger partial charge in [-0.1, -0.05) is 24.3 Å². The predicted octanol–water partition coefficient (Wildman–Crippen LogP) is 3.28. The molecule has 19 heavy (non-hydrogen) atoms. The molecule has 0 saturated carbocycles. The molecule has 1 aromatic rings. The van der Waals surface area contributed by atoms with Crippen LogP contribution in [0.4, 0.5) is 4.79 Å². The highest BCUT2D eigenvalue weighted by Crippen LogP contribution is 2.30. The molecule has 0 spiro atoms. The molecule has 0 aliphatic rings. The quantitative estimate of drug-likeness (QED) is 0.679. The lowest BCUT2D eigenvalue weighted by molar-refractivity contribution is 0.0693. The van der Waals surface area contributed by atoms with Crippen LogP contribution in [0.5, 0.6) is 0 Å². The van der Waals surface area contributed by atoms with Gasteiger partial charge in [-0.2, -0.15) is 0 Å². The molecule has 0 saturated heterocycles. The maximum Gasteiger partial charge on any atom is 0.336 e. The van der Waals surface area contributed by atoms with Crippen LogP contribution >= 0.6 is 11.8 Å². The molecule has 1 aromatic carbocycles. The van der Waals surface area contributed by atoms with E-state index >= 15 is 0 Å². The molecule has 0 aliphatic heterocycles. The van der Waals surface area contributed by atoms with Gasteiger partial charge in [0.25, 0.3) is 5.24 Å². The number of aromatic carboxylic acids is 1. The summed E-state index contributed by atoms with van der Waals surface area (Å²) in [6.07, 6.45) is 0.560. The zero-order chi connectivity index (χ0) is 14.6. The van der Waals surface area contributed by atoms with E-state index < -0.39 is 5.97 Å². The highest BCUT2D eigenvalue weighted by Gasteiger charge is 2.18. The van der Waals surface area contributed by atoms with Crippen molar-refractivity contribution >= 4 is 23.0 Å². The predicted molar refractivity (Wildman–Crippen MR) is 76.9 cm³/mol. The van der Waals surface area contributed by atoms with E-state index in [-0.39, 0.29) is 10.8 Å². The first kappa shape index (κ1) is 15.3. The maximum absolute atomic E-state index is 11.8. The van der Waals surface area contributed by atoms with Crippen LogP contribution in [-0.4, -0.2) is 35.3 Å². The topological polar surface area (TPSA) is 57.6 Å². The number of carbonyl (C=O) groups is 2. The summed E-state index contributed by atoms with van der Waals surface area (Å²) in [6, 6.07) is 5.02. The van der Waals surface area contributed by atoms with Gasteiger partial charge in [0, 0.05) is 19.0 Å². The Kier molecular flexibility index (Phi) is 5.18. The van der Waals surface area contributed by atoms with E-state index in [0.29, 0.717) is 11.3 Å². The third-order valence-corrected chi connectivity index (χ3v) is 3.60. The number of thioether (sulfide) groups is 1. The Morgan fingerprint density at radius 2 is 2.00 bits per heavy atom. The van der Waals surface area contributed by atoms with Crippen molar-refractivity contribution in [3.8, 4) is 0 Å². The molecule has 0 aromatic heterocycles. The van der Waals surface area contributed by atoms with Crippen LogP contribution in [0.1, 0.15) is 22.8 Å². The smallest absolute Gasteiger partial charge is 0.336 e. The van der Waals surface area contributed by atoms with Gasteiger partial charge in [0.05, 0.1) is 5.56 Å². The molecule has 5 heteroatoms. The molecule has 102 valence electrons. The first-order chi connectivity index (χ1) is 8.82. The van der Waals surface area contributed by atoms with Crippen molar-refractivity contribution in [2.75, 3.05) is 14.1 Å². The fraction of sp³-hybridized carbons (Fsp3) is 0.286. The van der Waals surface area contributed by atoms with Crippen molar-refractivity contribution < 1.29 is 14.7 Å². The van der Waals surface area contributed by atoms with Crippen molar-refractivity contribution in [3.63, 3.8) is 0 Å². The Hall–Kier alpha value is -1.75. The van der Waals surface area contributed by atoms with Crippen LogP contribution in [0.3, 0.4) is 0 Å². The lowest BCUT2D eigenvalue weighted by Gasteiger charge is -2.14. The van der Waals surface area contributed by atoms with Crippen LogP contribution in [-0.2, 0) is 6.42 Å². The molecular formula is C14H17NO3S. The van der Waals surface area contributed by atoms with Gasteiger partial charge in [0.2, 0.25) is 0 Å². The summed E-state index contributed by atoms with van der Waals surface area (Å²) < 4.78 is 0. The summed E-state index contributed by atoms with van der Waals surface area (Å²) in [5.74, 6) is -1.03. The minimum Gasteiger partial charge on any atom is -0.478 e. The summed E-state index contributed by atoms with van der Waals surface area (Å²) in [6.45, 7) is 5.70. The molecule has 1 amide bonds. The van der Waals surface area contributed by atoms with Gasteiger partial charge in [-0.15, -0.1) is 0 Å². The average molecular weight is 279 g/mol. The molecule has 1 rings (SSSR count). The summed E-state index contributed by atoms with van der Waals surface area (Å²) in [5, 5.41) is 9.02. The Balaban J connectivity index is 3.24. The Morgan fingerprint density at radius 1 is 1.37 bits per heavy atom. The first-order valence-electron chi connectivity index (χ1n) is 5.71. The largest absolute Gasteiger partial charge is 0.478 e. The second-order valence-corrected chi connectivity index (χ2v) is 5.46. The van der Waals surface area contributed by atoms with Gasteiger partial charge in [-0.25, -0.2) is 4.79 Å². The molecule has 1 N–H and O–H groups in total. The Labute approximate surface area is 117 Å². The number of benzene rings is 1. The van der Waals surface area contributed by atoms with Crippen LogP contribution in [0.15, 0.2) is 35.2 Å². The maximum atomic E-state index is 11.8. The van der Waals surface area contributed by atoms with Crippen molar-refractivity contribution in [1.29, 1.82) is 0 Å². The highest BCUT2D eigenvalue weighted by molar-refractivity contribution is 8.13. The third-order valence-electron chi connectivity index (χ3n) is 2.37. The van der Waals surface area contributed by atoms with Crippen LogP contribution < -0.4 is 0 Å². The summed E-state index contributed by atoms with van der Waals surface area (Å²) in [5.41, 5.74) is 1.88. The van der Waals surface area contributed by atoms with Gasteiger partial charge in [0.15, 0.2) is 0 Å². The van der Waals surface area contributed by atoms with E-state index in [4.69, 9.17) is 0 Å². The number of nitrogens with zero attached hydrogens (tertiary/aromatic N) is 1. The standard InChI is InChI=1S/C14H17NO3S/c1-9(2)8-10-6-5-7-11(13(16)17)12(10)19-14(18)15(3)4/h5-7H,1,8H2,2-4H3,(H,16,17). The van der Waals surface area contributed by atoms with Crippen molar-refractivity contribution in [2.45, 2.75) is 18.2 Å². The molecule has 0 unspecified atom stereocenters. The lowest BCUT2D eigenvalue weighted by atomic mass is 10.0. The number of amides is 1. The van der Waals surface area contributed by atoms with Crippen LogP contribution in [0.25, 0.3) is 0 Å². The van der Waals surface area contributed by atoms with Gasteiger partial charge in [-0.3, -0.25) is 4.79 Å². The molecule has 0 heterocycles. The molecule has 4 nitrogen and oxygen atoms in total. The number of rotatable bonds is 4. The zero-order valence-corrected chi connectivity index (χ0v) is 12.1. The number of carbonyl (C=O) groups excluding carboxylic acids is 1. The lowest BCUT2D eigenvalue weighted by Crippen LogP contribution is -2.17. The van der Waals surface area contributed by atoms with Crippen molar-refractivity contribution in [3.05, 3.63) is 41.5 Å². The van der Waals surface area contributed by atoms with E-state index in [1.54, 1.807) is 20.2 Å². The van der Waals surface area contributed by atoms with Crippen molar-refractivity contribution in [2.24, 2.45) is 0 Å². The second-order valence-electron chi connectivity index (χ2n) is 4.50. The normalized spacial score (nSPS) is 10.1. The van der Waals surface area contributed by atoms with Gasteiger partial charge in [-0.05, 0) is 36.7 Å². The first-order valence-corrected chi connectivity index (χ1v) is 6.53. The van der Waals surface area contributed by atoms with E-state index in [1.807, 2.05) is 13.0 Å². The Bertz CT molecular complexity index is 523. The molecule has 0 bridgehead atoms. The van der Waals surface area contributed by atoms with Crippen LogP contribution in [0, 0.1) is 0 Å². The minimum absolute atomic E-state index is 0.152. The minimum atomic E-state index is -1.03. The Morgan fingerprint density at radius 3 is 2.47 bits per heavy atom. The fourth-order valence-corrected chi connectivity index (χ4v) is 2.41.